The molecule has 1 rings (SSSR count). The summed E-state index contributed by atoms with van der Waals surface area (Å²) < 4.78 is 32.8. The van der Waals surface area contributed by atoms with Crippen molar-refractivity contribution in [2.75, 3.05) is 39.9 Å². The van der Waals surface area contributed by atoms with Crippen LogP contribution in [-0.4, -0.2) is 52.6 Å². The van der Waals surface area contributed by atoms with Gasteiger partial charge in [-0.15, -0.1) is 0 Å². The van der Waals surface area contributed by atoms with Gasteiger partial charge >= 0.3 is 0 Å². The molecule has 0 radical (unpaired) electrons. The fourth-order valence-corrected chi connectivity index (χ4v) is 3.38. The van der Waals surface area contributed by atoms with E-state index in [1.807, 2.05) is 0 Å². The third-order valence-electron chi connectivity index (χ3n) is 2.99. The lowest BCUT2D eigenvalue weighted by Crippen LogP contribution is -2.46. The summed E-state index contributed by atoms with van der Waals surface area (Å²) >= 11 is 0. The van der Waals surface area contributed by atoms with Crippen molar-refractivity contribution < 1.29 is 13.2 Å². The summed E-state index contributed by atoms with van der Waals surface area (Å²) in [6.07, 6.45) is 2.88. The Bertz CT molecular complexity index is 306. The summed E-state index contributed by atoms with van der Waals surface area (Å²) in [5, 5.41) is 0. The van der Waals surface area contributed by atoms with Crippen LogP contribution in [0.15, 0.2) is 0 Å². The number of nitrogens with two attached hydrogens (primary N) is 1. The number of methoxy groups -OCH3 is 1. The van der Waals surface area contributed by atoms with Gasteiger partial charge in [-0.05, 0) is 31.7 Å². The van der Waals surface area contributed by atoms with Crippen LogP contribution in [0.1, 0.15) is 19.3 Å². The number of ether oxygens (including phenoxy) is 1. The second kappa shape index (κ2) is 7.27. The predicted octanol–water partition coefficient (Wildman–Crippen LogP) is -0.472. The van der Waals surface area contributed by atoms with Crippen molar-refractivity contribution in [1.29, 1.82) is 0 Å². The molecule has 17 heavy (non-hydrogen) atoms. The maximum atomic E-state index is 11.9. The predicted molar refractivity (Wildman–Crippen MR) is 66.8 cm³/mol. The van der Waals surface area contributed by atoms with Gasteiger partial charge in [-0.25, -0.2) is 0 Å². The molecule has 1 saturated heterocycles. The van der Waals surface area contributed by atoms with Gasteiger partial charge in [0.15, 0.2) is 0 Å². The van der Waals surface area contributed by atoms with Crippen molar-refractivity contribution >= 4 is 10.2 Å². The average molecular weight is 265 g/mol. The van der Waals surface area contributed by atoms with E-state index >= 15 is 0 Å². The second-order valence-corrected chi connectivity index (χ2v) is 6.09. The van der Waals surface area contributed by atoms with Crippen molar-refractivity contribution in [2.24, 2.45) is 11.7 Å². The lowest BCUT2D eigenvalue weighted by Gasteiger charge is -2.31. The second-order valence-electron chi connectivity index (χ2n) is 4.34. The Labute approximate surface area is 104 Å². The van der Waals surface area contributed by atoms with E-state index in [0.717, 1.165) is 19.3 Å². The topological polar surface area (TPSA) is 84.7 Å². The van der Waals surface area contributed by atoms with Crippen LogP contribution in [0.2, 0.25) is 0 Å². The molecule has 0 aromatic carbocycles. The minimum atomic E-state index is -3.34. The van der Waals surface area contributed by atoms with Gasteiger partial charge in [0.05, 0.1) is 6.61 Å². The first kappa shape index (κ1) is 14.8. The van der Waals surface area contributed by atoms with Crippen LogP contribution in [0.5, 0.6) is 0 Å². The van der Waals surface area contributed by atoms with E-state index in [9.17, 15) is 8.42 Å². The number of hydrogen-bond acceptors (Lipinski definition) is 4. The lowest BCUT2D eigenvalue weighted by atomic mass is 9.96. The number of hydrogen-bond donors (Lipinski definition) is 2. The maximum absolute atomic E-state index is 11.9. The van der Waals surface area contributed by atoms with Crippen LogP contribution in [-0.2, 0) is 14.9 Å². The SMILES string of the molecule is COCCNS(=O)(=O)N1CCCC(CCN)C1. The van der Waals surface area contributed by atoms with Crippen molar-refractivity contribution in [1.82, 2.24) is 9.03 Å². The minimum absolute atomic E-state index is 0.316. The Morgan fingerprint density at radius 2 is 2.29 bits per heavy atom. The zero-order chi connectivity index (χ0) is 12.7. The van der Waals surface area contributed by atoms with Crippen molar-refractivity contribution in [3.8, 4) is 0 Å². The highest BCUT2D eigenvalue weighted by atomic mass is 32.2. The molecule has 1 fully saturated rings. The van der Waals surface area contributed by atoms with Gasteiger partial charge in [-0.3, -0.25) is 0 Å². The molecule has 3 N–H and O–H groups in total. The van der Waals surface area contributed by atoms with Gasteiger partial charge in [-0.2, -0.15) is 17.4 Å². The fraction of sp³-hybridized carbons (Fsp3) is 1.00. The first-order chi connectivity index (χ1) is 8.10. The fourth-order valence-electron chi connectivity index (χ4n) is 2.08. The number of nitrogens with zero attached hydrogens (tertiary/aromatic N) is 1. The Morgan fingerprint density at radius 1 is 1.53 bits per heavy atom. The summed E-state index contributed by atoms with van der Waals surface area (Å²) in [4.78, 5) is 0. The zero-order valence-electron chi connectivity index (χ0n) is 10.4. The zero-order valence-corrected chi connectivity index (χ0v) is 11.2. The molecular weight excluding hydrogens is 242 g/mol. The highest BCUT2D eigenvalue weighted by Crippen LogP contribution is 2.20. The van der Waals surface area contributed by atoms with E-state index in [4.69, 9.17) is 10.5 Å². The van der Waals surface area contributed by atoms with E-state index in [0.29, 0.717) is 38.7 Å². The standard InChI is InChI=1S/C10H23N3O3S/c1-16-8-6-12-17(14,15)13-7-2-3-10(9-13)4-5-11/h10,12H,2-9,11H2,1H3. The highest BCUT2D eigenvalue weighted by molar-refractivity contribution is 7.87. The lowest BCUT2D eigenvalue weighted by molar-refractivity contribution is 0.202. The van der Waals surface area contributed by atoms with Crippen LogP contribution < -0.4 is 10.5 Å². The Morgan fingerprint density at radius 3 is 2.94 bits per heavy atom. The minimum Gasteiger partial charge on any atom is -0.383 e. The van der Waals surface area contributed by atoms with Gasteiger partial charge in [0.25, 0.3) is 10.2 Å². The van der Waals surface area contributed by atoms with E-state index in [2.05, 4.69) is 4.72 Å². The van der Waals surface area contributed by atoms with Gasteiger partial charge in [0, 0.05) is 26.7 Å². The first-order valence-corrected chi connectivity index (χ1v) is 7.48. The number of rotatable bonds is 7. The molecule has 6 nitrogen and oxygen atoms in total. The molecule has 1 heterocycles. The summed E-state index contributed by atoms with van der Waals surface area (Å²) in [5.74, 6) is 0.396. The molecular formula is C10H23N3O3S. The molecule has 0 spiro atoms. The molecule has 7 heteroatoms. The molecule has 0 aliphatic carbocycles. The van der Waals surface area contributed by atoms with Gasteiger partial charge in [0.2, 0.25) is 0 Å². The van der Waals surface area contributed by atoms with E-state index in [-0.39, 0.29) is 0 Å². The van der Waals surface area contributed by atoms with E-state index < -0.39 is 10.2 Å². The Kier molecular flexibility index (Phi) is 6.35. The summed E-state index contributed by atoms with van der Waals surface area (Å²) in [6, 6.07) is 0. The summed E-state index contributed by atoms with van der Waals surface area (Å²) in [5.41, 5.74) is 5.51. The molecule has 0 saturated carbocycles. The Balaban J connectivity index is 2.46. The molecule has 1 aliphatic rings. The van der Waals surface area contributed by atoms with Crippen LogP contribution in [0.25, 0.3) is 0 Å². The first-order valence-electron chi connectivity index (χ1n) is 6.04. The maximum Gasteiger partial charge on any atom is 0.279 e. The average Bonchev–Trinajstić information content (AvgIpc) is 2.30. The third kappa shape index (κ3) is 4.89. The van der Waals surface area contributed by atoms with Crippen molar-refractivity contribution in [3.63, 3.8) is 0 Å². The van der Waals surface area contributed by atoms with E-state index in [1.165, 1.54) is 4.31 Å². The van der Waals surface area contributed by atoms with Crippen molar-refractivity contribution in [2.45, 2.75) is 19.3 Å². The van der Waals surface area contributed by atoms with Crippen LogP contribution in [0, 0.1) is 5.92 Å². The monoisotopic (exact) mass is 265 g/mol. The molecule has 0 aromatic heterocycles. The molecule has 0 amide bonds. The highest BCUT2D eigenvalue weighted by Gasteiger charge is 2.27. The molecule has 0 aromatic rings. The normalized spacial score (nSPS) is 22.8. The number of nitrogens with one attached hydrogen (secondary N) is 1. The Hall–Kier alpha value is -0.210. The molecule has 1 unspecified atom stereocenters. The third-order valence-corrected chi connectivity index (χ3v) is 4.57. The molecule has 102 valence electrons. The van der Waals surface area contributed by atoms with Crippen molar-refractivity contribution in [3.05, 3.63) is 0 Å². The van der Waals surface area contributed by atoms with Crippen LogP contribution >= 0.6 is 0 Å². The quantitative estimate of drug-likeness (QED) is 0.609. The van der Waals surface area contributed by atoms with E-state index in [1.54, 1.807) is 7.11 Å². The van der Waals surface area contributed by atoms with Crippen LogP contribution in [0.4, 0.5) is 0 Å². The summed E-state index contributed by atoms with van der Waals surface area (Å²) in [7, 11) is -1.80. The smallest absolute Gasteiger partial charge is 0.279 e. The van der Waals surface area contributed by atoms with Gasteiger partial charge < -0.3 is 10.5 Å². The largest absolute Gasteiger partial charge is 0.383 e. The molecule has 1 aliphatic heterocycles. The van der Waals surface area contributed by atoms with Gasteiger partial charge in [0.1, 0.15) is 0 Å². The van der Waals surface area contributed by atoms with Gasteiger partial charge in [-0.1, -0.05) is 0 Å². The molecule has 1 atom stereocenters. The summed E-state index contributed by atoms with van der Waals surface area (Å²) in [6.45, 7) is 2.51. The molecule has 0 bridgehead atoms. The van der Waals surface area contributed by atoms with Crippen LogP contribution in [0.3, 0.4) is 0 Å². The number of piperidine rings is 1.